The quantitative estimate of drug-likeness (QED) is 0.698. The summed E-state index contributed by atoms with van der Waals surface area (Å²) < 4.78 is 50.0. The molecule has 0 saturated carbocycles. The van der Waals surface area contributed by atoms with Crippen LogP contribution in [0.15, 0.2) is 57.7 Å². The van der Waals surface area contributed by atoms with Crippen LogP contribution in [0.5, 0.6) is 5.75 Å². The molecule has 3 aromatic rings. The van der Waals surface area contributed by atoms with Gasteiger partial charge in [0.05, 0.1) is 23.6 Å². The Balaban J connectivity index is 2.35. The maximum atomic E-state index is 13.1. The van der Waals surface area contributed by atoms with E-state index in [0.29, 0.717) is 11.3 Å². The van der Waals surface area contributed by atoms with Crippen molar-refractivity contribution in [1.29, 1.82) is 0 Å². The molecule has 1 heterocycles. The van der Waals surface area contributed by atoms with Gasteiger partial charge in [0.1, 0.15) is 11.5 Å². The Kier molecular flexibility index (Phi) is 3.60. The molecule has 0 spiro atoms. The molecule has 23 heavy (non-hydrogen) atoms. The summed E-state index contributed by atoms with van der Waals surface area (Å²) in [5.41, 5.74) is -1.60. The molecule has 0 atom stereocenters. The molecule has 0 N–H and O–H groups in total. The predicted molar refractivity (Wildman–Crippen MR) is 79.5 cm³/mol. The fourth-order valence-corrected chi connectivity index (χ4v) is 2.38. The maximum absolute atomic E-state index is 13.1. The van der Waals surface area contributed by atoms with Crippen molar-refractivity contribution in [2.75, 3.05) is 7.11 Å². The van der Waals surface area contributed by atoms with Gasteiger partial charge in [0.25, 0.3) is 0 Å². The second-order valence-electron chi connectivity index (χ2n) is 4.86. The second-order valence-corrected chi connectivity index (χ2v) is 4.86. The molecule has 0 aliphatic heterocycles. The number of fused-ring (bicyclic) bond motifs is 1. The number of hydrogen-bond donors (Lipinski definition) is 0. The molecule has 2 aromatic carbocycles. The van der Waals surface area contributed by atoms with Gasteiger partial charge in [-0.15, -0.1) is 0 Å². The molecule has 0 aliphatic rings. The van der Waals surface area contributed by atoms with Crippen molar-refractivity contribution in [2.24, 2.45) is 0 Å². The molecule has 0 radical (unpaired) electrons. The summed E-state index contributed by atoms with van der Waals surface area (Å²) in [5.74, 6) is 0.427. The van der Waals surface area contributed by atoms with Crippen LogP contribution in [0.4, 0.5) is 13.2 Å². The summed E-state index contributed by atoms with van der Waals surface area (Å²) >= 11 is 0. The smallest absolute Gasteiger partial charge is 0.420 e. The SMILES string of the molecule is COc1ccccc1-c1cc(=O)c2cccc(C(F)(F)F)c2o1. The Hall–Kier alpha value is -2.76. The molecule has 118 valence electrons. The van der Waals surface area contributed by atoms with Crippen LogP contribution in [0.1, 0.15) is 5.56 Å². The lowest BCUT2D eigenvalue weighted by atomic mass is 10.1. The highest BCUT2D eigenvalue weighted by Gasteiger charge is 2.34. The number of benzene rings is 2. The van der Waals surface area contributed by atoms with Crippen LogP contribution < -0.4 is 10.2 Å². The van der Waals surface area contributed by atoms with Crippen molar-refractivity contribution in [3.05, 3.63) is 64.3 Å². The molecule has 3 nitrogen and oxygen atoms in total. The van der Waals surface area contributed by atoms with Gasteiger partial charge in [0.15, 0.2) is 11.0 Å². The molecule has 0 fully saturated rings. The van der Waals surface area contributed by atoms with Gasteiger partial charge >= 0.3 is 6.18 Å². The highest BCUT2D eigenvalue weighted by atomic mass is 19.4. The normalized spacial score (nSPS) is 11.7. The minimum atomic E-state index is -4.62. The highest BCUT2D eigenvalue weighted by Crippen LogP contribution is 2.36. The molecular formula is C17H11F3O3. The van der Waals surface area contributed by atoms with E-state index >= 15 is 0 Å². The zero-order chi connectivity index (χ0) is 16.6. The van der Waals surface area contributed by atoms with Gasteiger partial charge in [-0.3, -0.25) is 4.79 Å². The van der Waals surface area contributed by atoms with Gasteiger partial charge in [-0.1, -0.05) is 18.2 Å². The zero-order valence-corrected chi connectivity index (χ0v) is 12.0. The van der Waals surface area contributed by atoms with E-state index in [1.54, 1.807) is 24.3 Å². The van der Waals surface area contributed by atoms with Crippen molar-refractivity contribution < 1.29 is 22.3 Å². The Morgan fingerprint density at radius 3 is 2.48 bits per heavy atom. The third-order valence-corrected chi connectivity index (χ3v) is 3.43. The van der Waals surface area contributed by atoms with E-state index < -0.39 is 22.8 Å². The van der Waals surface area contributed by atoms with Gasteiger partial charge in [-0.2, -0.15) is 13.2 Å². The highest BCUT2D eigenvalue weighted by molar-refractivity contribution is 5.82. The van der Waals surface area contributed by atoms with Crippen LogP contribution in [0.3, 0.4) is 0 Å². The number of halogens is 3. The fraction of sp³-hybridized carbons (Fsp3) is 0.118. The number of hydrogen-bond acceptors (Lipinski definition) is 3. The lowest BCUT2D eigenvalue weighted by Crippen LogP contribution is -2.09. The summed E-state index contributed by atoms with van der Waals surface area (Å²) in [5, 5.41) is -0.113. The van der Waals surface area contributed by atoms with Gasteiger partial charge < -0.3 is 9.15 Å². The van der Waals surface area contributed by atoms with Gasteiger partial charge in [0, 0.05) is 6.07 Å². The number of rotatable bonds is 2. The van der Waals surface area contributed by atoms with Crippen LogP contribution in [0.25, 0.3) is 22.3 Å². The van der Waals surface area contributed by atoms with E-state index in [4.69, 9.17) is 9.15 Å². The van der Waals surface area contributed by atoms with Crippen LogP contribution in [-0.2, 0) is 6.18 Å². The van der Waals surface area contributed by atoms with Gasteiger partial charge in [-0.05, 0) is 24.3 Å². The Morgan fingerprint density at radius 1 is 1.04 bits per heavy atom. The third kappa shape index (κ3) is 2.67. The van der Waals surface area contributed by atoms with E-state index in [2.05, 4.69) is 0 Å². The van der Waals surface area contributed by atoms with Crippen LogP contribution in [-0.4, -0.2) is 7.11 Å². The lowest BCUT2D eigenvalue weighted by molar-refractivity contribution is -0.136. The third-order valence-electron chi connectivity index (χ3n) is 3.43. The van der Waals surface area contributed by atoms with E-state index in [1.807, 2.05) is 0 Å². The Labute approximate surface area is 128 Å². The molecule has 1 aromatic heterocycles. The summed E-state index contributed by atoms with van der Waals surface area (Å²) in [6.07, 6.45) is -4.62. The standard InChI is InChI=1S/C17H11F3O3/c1-22-14-8-3-2-5-11(14)15-9-13(21)10-6-4-7-12(16(10)23-15)17(18,19)20/h2-9H,1H3. The molecule has 3 rings (SSSR count). The first-order valence-electron chi connectivity index (χ1n) is 6.69. The van der Waals surface area contributed by atoms with E-state index in [0.717, 1.165) is 6.07 Å². The van der Waals surface area contributed by atoms with E-state index in [1.165, 1.54) is 25.3 Å². The monoisotopic (exact) mass is 320 g/mol. The zero-order valence-electron chi connectivity index (χ0n) is 12.0. The summed E-state index contributed by atoms with van der Waals surface area (Å²) in [7, 11) is 1.43. The molecule has 0 amide bonds. The van der Waals surface area contributed by atoms with Crippen LogP contribution in [0.2, 0.25) is 0 Å². The van der Waals surface area contributed by atoms with Crippen LogP contribution >= 0.6 is 0 Å². The molecule has 0 unspecified atom stereocenters. The molecular weight excluding hydrogens is 309 g/mol. The fourth-order valence-electron chi connectivity index (χ4n) is 2.38. The molecule has 6 heteroatoms. The number of ether oxygens (including phenoxy) is 1. The first-order chi connectivity index (χ1) is 10.9. The first-order valence-corrected chi connectivity index (χ1v) is 6.69. The Morgan fingerprint density at radius 2 is 1.78 bits per heavy atom. The topological polar surface area (TPSA) is 39.4 Å². The molecule has 0 bridgehead atoms. The van der Waals surface area contributed by atoms with Crippen molar-refractivity contribution >= 4 is 11.0 Å². The Bertz CT molecular complexity index is 926. The lowest BCUT2D eigenvalue weighted by Gasteiger charge is -2.11. The van der Waals surface area contributed by atoms with Crippen molar-refractivity contribution in [1.82, 2.24) is 0 Å². The van der Waals surface area contributed by atoms with E-state index in [-0.39, 0.29) is 11.1 Å². The van der Waals surface area contributed by atoms with Crippen molar-refractivity contribution in [3.63, 3.8) is 0 Å². The van der Waals surface area contributed by atoms with Crippen LogP contribution in [0, 0.1) is 0 Å². The molecule has 0 aliphatic carbocycles. The largest absolute Gasteiger partial charge is 0.496 e. The number of alkyl halides is 3. The first kappa shape index (κ1) is 15.1. The second kappa shape index (κ2) is 5.46. The van der Waals surface area contributed by atoms with Gasteiger partial charge in [0.2, 0.25) is 0 Å². The van der Waals surface area contributed by atoms with Gasteiger partial charge in [-0.25, -0.2) is 0 Å². The average molecular weight is 320 g/mol. The summed E-state index contributed by atoms with van der Waals surface area (Å²) in [6, 6.07) is 11.2. The number of methoxy groups -OCH3 is 1. The number of para-hydroxylation sites is 2. The average Bonchev–Trinajstić information content (AvgIpc) is 2.53. The van der Waals surface area contributed by atoms with Crippen molar-refractivity contribution in [3.8, 4) is 17.1 Å². The summed E-state index contributed by atoms with van der Waals surface area (Å²) in [6.45, 7) is 0. The summed E-state index contributed by atoms with van der Waals surface area (Å²) in [4.78, 5) is 12.2. The minimum absolute atomic E-state index is 0.0247. The van der Waals surface area contributed by atoms with E-state index in [9.17, 15) is 18.0 Å². The molecule has 0 saturated heterocycles. The van der Waals surface area contributed by atoms with Crippen molar-refractivity contribution in [2.45, 2.75) is 6.18 Å². The maximum Gasteiger partial charge on any atom is 0.420 e. The predicted octanol–water partition coefficient (Wildman–Crippen LogP) is 4.49. The minimum Gasteiger partial charge on any atom is -0.496 e.